The molecule has 0 bridgehead atoms. The first kappa shape index (κ1) is 21.7. The molecule has 0 fully saturated rings. The summed E-state index contributed by atoms with van der Waals surface area (Å²) < 4.78 is 28.1. The zero-order chi connectivity index (χ0) is 20.9. The van der Waals surface area contributed by atoms with E-state index in [-0.39, 0.29) is 12.4 Å². The molecule has 0 atom stereocenters. The van der Waals surface area contributed by atoms with Crippen molar-refractivity contribution in [3.05, 3.63) is 64.8 Å². The first-order chi connectivity index (χ1) is 13.8. The molecule has 5 nitrogen and oxygen atoms in total. The highest BCUT2D eigenvalue weighted by molar-refractivity contribution is 9.10. The summed E-state index contributed by atoms with van der Waals surface area (Å²) in [5, 5.41) is 4.32. The quantitative estimate of drug-likeness (QED) is 0.224. The minimum absolute atomic E-state index is 0.121. The van der Waals surface area contributed by atoms with Gasteiger partial charge in [-0.3, -0.25) is 0 Å². The van der Waals surface area contributed by atoms with Crippen LogP contribution in [0, 0.1) is 5.95 Å². The van der Waals surface area contributed by atoms with E-state index >= 15 is 0 Å². The van der Waals surface area contributed by atoms with Crippen molar-refractivity contribution >= 4 is 24.0 Å². The second-order valence-corrected chi connectivity index (χ2v) is 14.3. The molecule has 0 N–H and O–H groups in total. The Kier molecular flexibility index (Phi) is 7.21. The van der Waals surface area contributed by atoms with Crippen LogP contribution in [0.3, 0.4) is 0 Å². The number of rotatable bonds is 9. The van der Waals surface area contributed by atoms with Crippen LogP contribution < -0.4 is 4.74 Å². The van der Waals surface area contributed by atoms with Gasteiger partial charge in [-0.15, -0.1) is 0 Å². The lowest BCUT2D eigenvalue weighted by Crippen LogP contribution is -2.22. The summed E-state index contributed by atoms with van der Waals surface area (Å²) in [5.41, 5.74) is 2.15. The fourth-order valence-electron chi connectivity index (χ4n) is 2.58. The summed E-state index contributed by atoms with van der Waals surface area (Å²) in [4.78, 5) is 4.05. The molecule has 2 aromatic heterocycles. The summed E-state index contributed by atoms with van der Waals surface area (Å²) in [6.07, 6.45) is 1.65. The number of benzene rings is 1. The van der Waals surface area contributed by atoms with Crippen LogP contribution in [0.1, 0.15) is 5.56 Å². The molecule has 0 unspecified atom stereocenters. The highest BCUT2D eigenvalue weighted by Crippen LogP contribution is 2.29. The molecule has 0 spiro atoms. The molecule has 0 saturated heterocycles. The molecule has 29 heavy (non-hydrogen) atoms. The average molecular weight is 478 g/mol. The largest absolute Gasteiger partial charge is 0.484 e. The van der Waals surface area contributed by atoms with Crippen molar-refractivity contribution in [3.63, 3.8) is 0 Å². The van der Waals surface area contributed by atoms with Crippen LogP contribution in [-0.4, -0.2) is 29.4 Å². The summed E-state index contributed by atoms with van der Waals surface area (Å²) in [6, 6.07) is 14.0. The van der Waals surface area contributed by atoms with Gasteiger partial charge < -0.3 is 9.47 Å². The molecular formula is C21H25BrFN3O2Si. The van der Waals surface area contributed by atoms with Gasteiger partial charge in [-0.25, -0.2) is 9.67 Å². The normalized spacial score (nSPS) is 11.6. The lowest BCUT2D eigenvalue weighted by molar-refractivity contribution is 0.0770. The first-order valence-corrected chi connectivity index (χ1v) is 14.0. The van der Waals surface area contributed by atoms with E-state index in [4.69, 9.17) is 9.47 Å². The number of ether oxygens (including phenoxy) is 2. The van der Waals surface area contributed by atoms with Crippen molar-refractivity contribution in [2.24, 2.45) is 0 Å². The monoisotopic (exact) mass is 477 g/mol. The minimum atomic E-state index is -1.13. The van der Waals surface area contributed by atoms with Gasteiger partial charge in [0.05, 0.1) is 17.5 Å². The molecule has 3 rings (SSSR count). The van der Waals surface area contributed by atoms with Crippen molar-refractivity contribution in [2.45, 2.75) is 39.0 Å². The third-order valence-corrected chi connectivity index (χ3v) is 6.85. The predicted molar refractivity (Wildman–Crippen MR) is 118 cm³/mol. The molecule has 8 heteroatoms. The standard InChI is InChI=1S/C21H25BrFN3O2Si/c1-29(2,3)12-11-27-15-26-20(22)17(13-24-26)18-9-10-19(21(23)25-18)28-14-16-7-5-4-6-8-16/h4-10,13H,11-12,14-15H2,1-3H3. The SMILES string of the molecule is C[Si](C)(C)CCOCn1ncc(-c2ccc(OCc3ccccc3)c(F)n2)c1Br. The minimum Gasteiger partial charge on any atom is -0.484 e. The van der Waals surface area contributed by atoms with Crippen molar-refractivity contribution < 1.29 is 13.9 Å². The van der Waals surface area contributed by atoms with Gasteiger partial charge >= 0.3 is 0 Å². The molecule has 0 aliphatic carbocycles. The highest BCUT2D eigenvalue weighted by Gasteiger charge is 2.16. The number of pyridine rings is 1. The van der Waals surface area contributed by atoms with Crippen molar-refractivity contribution in [2.75, 3.05) is 6.61 Å². The van der Waals surface area contributed by atoms with Gasteiger partial charge in [0.1, 0.15) is 17.9 Å². The maximum atomic E-state index is 14.4. The number of nitrogens with zero attached hydrogens (tertiary/aromatic N) is 3. The van der Waals surface area contributed by atoms with Crippen molar-refractivity contribution in [3.8, 4) is 17.0 Å². The number of hydrogen-bond donors (Lipinski definition) is 0. The van der Waals surface area contributed by atoms with Crippen molar-refractivity contribution in [1.82, 2.24) is 14.8 Å². The second-order valence-electron chi connectivity index (χ2n) is 7.96. The van der Waals surface area contributed by atoms with Crippen LogP contribution in [0.15, 0.2) is 53.3 Å². The summed E-state index contributed by atoms with van der Waals surface area (Å²) in [6.45, 7) is 8.27. The summed E-state index contributed by atoms with van der Waals surface area (Å²) >= 11 is 3.52. The fraction of sp³-hybridized carbons (Fsp3) is 0.333. The Hall–Kier alpha value is -2.03. The Morgan fingerprint density at radius 3 is 2.55 bits per heavy atom. The fourth-order valence-corrected chi connectivity index (χ4v) is 3.83. The molecule has 3 aromatic rings. The average Bonchev–Trinajstić information content (AvgIpc) is 3.05. The molecule has 0 aliphatic rings. The summed E-state index contributed by atoms with van der Waals surface area (Å²) in [5.74, 6) is -0.528. The zero-order valence-corrected chi connectivity index (χ0v) is 19.4. The van der Waals surface area contributed by atoms with E-state index in [1.165, 1.54) is 0 Å². The van der Waals surface area contributed by atoms with Crippen molar-refractivity contribution in [1.29, 1.82) is 0 Å². The van der Waals surface area contributed by atoms with Gasteiger partial charge in [-0.05, 0) is 39.7 Å². The van der Waals surface area contributed by atoms with Crippen LogP contribution in [0.25, 0.3) is 11.3 Å². The lowest BCUT2D eigenvalue weighted by Gasteiger charge is -2.15. The van der Waals surface area contributed by atoms with E-state index in [0.29, 0.717) is 29.2 Å². The van der Waals surface area contributed by atoms with Gasteiger partial charge in [0, 0.05) is 14.7 Å². The Balaban J connectivity index is 1.63. The second kappa shape index (κ2) is 9.64. The topological polar surface area (TPSA) is 49.2 Å². The zero-order valence-electron chi connectivity index (χ0n) is 16.9. The van der Waals surface area contributed by atoms with E-state index in [9.17, 15) is 4.39 Å². The number of aromatic nitrogens is 3. The van der Waals surface area contributed by atoms with Gasteiger partial charge in [0.25, 0.3) is 5.95 Å². The Labute approximate surface area is 180 Å². The van der Waals surface area contributed by atoms with Crippen LogP contribution in [0.5, 0.6) is 5.75 Å². The van der Waals surface area contributed by atoms with E-state index in [0.717, 1.165) is 11.6 Å². The molecule has 0 amide bonds. The lowest BCUT2D eigenvalue weighted by atomic mass is 10.2. The first-order valence-electron chi connectivity index (χ1n) is 9.46. The number of hydrogen-bond acceptors (Lipinski definition) is 4. The molecule has 154 valence electrons. The number of halogens is 2. The molecule has 0 aliphatic heterocycles. The van der Waals surface area contributed by atoms with Crippen LogP contribution >= 0.6 is 15.9 Å². The van der Waals surface area contributed by atoms with E-state index < -0.39 is 14.0 Å². The van der Waals surface area contributed by atoms with E-state index in [1.807, 2.05) is 30.3 Å². The van der Waals surface area contributed by atoms with Gasteiger partial charge in [0.2, 0.25) is 0 Å². The maximum Gasteiger partial charge on any atom is 0.255 e. The smallest absolute Gasteiger partial charge is 0.255 e. The molecule has 2 heterocycles. The molecular weight excluding hydrogens is 453 g/mol. The van der Waals surface area contributed by atoms with E-state index in [1.54, 1.807) is 23.0 Å². The van der Waals surface area contributed by atoms with Crippen LogP contribution in [-0.2, 0) is 18.1 Å². The third-order valence-electron chi connectivity index (χ3n) is 4.31. The molecule has 0 saturated carbocycles. The van der Waals surface area contributed by atoms with Gasteiger partial charge in [-0.2, -0.15) is 9.49 Å². The Bertz CT molecular complexity index is 945. The van der Waals surface area contributed by atoms with Crippen LogP contribution in [0.4, 0.5) is 4.39 Å². The van der Waals surface area contributed by atoms with E-state index in [2.05, 4.69) is 45.7 Å². The van der Waals surface area contributed by atoms with Crippen LogP contribution in [0.2, 0.25) is 25.7 Å². The van der Waals surface area contributed by atoms with Gasteiger partial charge in [-0.1, -0.05) is 50.0 Å². The highest BCUT2D eigenvalue weighted by atomic mass is 79.9. The van der Waals surface area contributed by atoms with Gasteiger partial charge in [0.15, 0.2) is 5.75 Å². The third kappa shape index (κ3) is 6.22. The molecule has 1 aromatic carbocycles. The predicted octanol–water partition coefficient (Wildman–Crippen LogP) is 5.74. The summed E-state index contributed by atoms with van der Waals surface area (Å²) in [7, 11) is -1.13. The Morgan fingerprint density at radius 1 is 1.10 bits per heavy atom. The Morgan fingerprint density at radius 2 is 1.86 bits per heavy atom. The maximum absolute atomic E-state index is 14.4. The molecule has 0 radical (unpaired) electrons.